The standard InChI is InChI=1S/C22H20N8O/c1-13(2)30-12-25-18-21(28-20(29-22(18)30)15-4-3-9-23-10-15)27-17-11-24-19(26-17)14-5-7-16(31)8-6-14/h3-13,31H,1-2H3,(H,24,26)(H,27,28,29). The van der Waals surface area contributed by atoms with Crippen LogP contribution in [0.3, 0.4) is 0 Å². The number of nitrogens with one attached hydrogen (secondary N) is 2. The lowest BCUT2D eigenvalue weighted by Gasteiger charge is -2.10. The van der Waals surface area contributed by atoms with Crippen LogP contribution in [0.2, 0.25) is 0 Å². The van der Waals surface area contributed by atoms with Gasteiger partial charge in [0.25, 0.3) is 0 Å². The van der Waals surface area contributed by atoms with E-state index >= 15 is 0 Å². The molecule has 0 saturated carbocycles. The molecule has 9 nitrogen and oxygen atoms in total. The summed E-state index contributed by atoms with van der Waals surface area (Å²) in [7, 11) is 0. The van der Waals surface area contributed by atoms with Gasteiger partial charge in [-0.05, 0) is 50.2 Å². The van der Waals surface area contributed by atoms with Gasteiger partial charge in [-0.2, -0.15) is 0 Å². The maximum Gasteiger partial charge on any atom is 0.166 e. The molecule has 0 amide bonds. The van der Waals surface area contributed by atoms with Crippen LogP contribution in [0, 0.1) is 0 Å². The highest BCUT2D eigenvalue weighted by molar-refractivity contribution is 5.87. The third-order valence-electron chi connectivity index (χ3n) is 4.87. The van der Waals surface area contributed by atoms with E-state index < -0.39 is 0 Å². The molecule has 0 fully saturated rings. The quantitative estimate of drug-likeness (QED) is 0.394. The number of H-pyrrole nitrogens is 1. The molecule has 4 aromatic heterocycles. The molecule has 0 radical (unpaired) electrons. The molecule has 0 aliphatic carbocycles. The number of phenolic OH excluding ortho intramolecular Hbond substituents is 1. The van der Waals surface area contributed by atoms with Crippen LogP contribution in [0.4, 0.5) is 11.6 Å². The van der Waals surface area contributed by atoms with Crippen LogP contribution in [-0.2, 0) is 0 Å². The molecule has 0 aliphatic heterocycles. The van der Waals surface area contributed by atoms with Crippen LogP contribution in [0.5, 0.6) is 5.75 Å². The molecule has 5 rings (SSSR count). The number of imidazole rings is 2. The fraction of sp³-hybridized carbons (Fsp3) is 0.136. The number of hydrogen-bond donors (Lipinski definition) is 3. The molecule has 0 saturated heterocycles. The fourth-order valence-electron chi connectivity index (χ4n) is 3.28. The molecular formula is C22H20N8O. The van der Waals surface area contributed by atoms with Gasteiger partial charge >= 0.3 is 0 Å². The van der Waals surface area contributed by atoms with Crippen LogP contribution < -0.4 is 5.32 Å². The van der Waals surface area contributed by atoms with Gasteiger partial charge in [0.15, 0.2) is 22.8 Å². The van der Waals surface area contributed by atoms with E-state index in [1.165, 1.54) is 0 Å². The van der Waals surface area contributed by atoms with Gasteiger partial charge < -0.3 is 20.0 Å². The Bertz CT molecular complexity index is 1340. The predicted octanol–water partition coefficient (Wildman–Crippen LogP) is 4.31. The zero-order valence-corrected chi connectivity index (χ0v) is 17.0. The fourth-order valence-corrected chi connectivity index (χ4v) is 3.28. The van der Waals surface area contributed by atoms with E-state index in [4.69, 9.17) is 9.97 Å². The minimum absolute atomic E-state index is 0.197. The molecule has 31 heavy (non-hydrogen) atoms. The second kappa shape index (κ2) is 7.52. The van der Waals surface area contributed by atoms with Crippen molar-refractivity contribution in [3.8, 4) is 28.5 Å². The number of aromatic amines is 1. The predicted molar refractivity (Wildman–Crippen MR) is 118 cm³/mol. The Morgan fingerprint density at radius 1 is 1.00 bits per heavy atom. The summed E-state index contributed by atoms with van der Waals surface area (Å²) in [5.74, 6) is 2.68. The van der Waals surface area contributed by atoms with Crippen LogP contribution >= 0.6 is 0 Å². The first kappa shape index (κ1) is 18.7. The SMILES string of the molecule is CC(C)n1cnc2c(Nc3cnc(-c4ccc(O)cc4)[nH]3)nc(-c3cccnc3)nc21. The number of anilines is 2. The minimum Gasteiger partial charge on any atom is -0.508 e. The maximum absolute atomic E-state index is 9.49. The summed E-state index contributed by atoms with van der Waals surface area (Å²) in [5.41, 5.74) is 3.09. The Kier molecular flexibility index (Phi) is 4.55. The van der Waals surface area contributed by atoms with Gasteiger partial charge in [-0.1, -0.05) is 0 Å². The Morgan fingerprint density at radius 2 is 1.84 bits per heavy atom. The van der Waals surface area contributed by atoms with Crippen molar-refractivity contribution < 1.29 is 5.11 Å². The number of pyridine rings is 1. The van der Waals surface area contributed by atoms with E-state index in [1.807, 2.05) is 16.7 Å². The molecule has 0 aliphatic rings. The van der Waals surface area contributed by atoms with Gasteiger partial charge in [-0.3, -0.25) is 4.98 Å². The Morgan fingerprint density at radius 3 is 2.58 bits per heavy atom. The van der Waals surface area contributed by atoms with Crippen LogP contribution in [-0.4, -0.2) is 39.6 Å². The summed E-state index contributed by atoms with van der Waals surface area (Å²) in [6, 6.07) is 10.8. The monoisotopic (exact) mass is 412 g/mol. The second-order valence-electron chi connectivity index (χ2n) is 7.37. The third-order valence-corrected chi connectivity index (χ3v) is 4.87. The molecule has 0 atom stereocenters. The average molecular weight is 412 g/mol. The number of hydrogen-bond acceptors (Lipinski definition) is 7. The molecule has 0 spiro atoms. The second-order valence-corrected chi connectivity index (χ2v) is 7.37. The van der Waals surface area contributed by atoms with Crippen LogP contribution in [0.25, 0.3) is 33.9 Å². The van der Waals surface area contributed by atoms with Crippen LogP contribution in [0.15, 0.2) is 61.3 Å². The third kappa shape index (κ3) is 3.57. The van der Waals surface area contributed by atoms with Crippen molar-refractivity contribution in [2.24, 2.45) is 0 Å². The van der Waals surface area contributed by atoms with Gasteiger partial charge in [0.2, 0.25) is 0 Å². The summed E-state index contributed by atoms with van der Waals surface area (Å²) in [5, 5.41) is 12.8. The number of benzene rings is 1. The highest BCUT2D eigenvalue weighted by Crippen LogP contribution is 2.28. The van der Waals surface area contributed by atoms with Gasteiger partial charge in [0.1, 0.15) is 17.4 Å². The van der Waals surface area contributed by atoms with Crippen LogP contribution in [0.1, 0.15) is 19.9 Å². The lowest BCUT2D eigenvalue weighted by Crippen LogP contribution is -2.04. The smallest absolute Gasteiger partial charge is 0.166 e. The van der Waals surface area contributed by atoms with E-state index in [2.05, 4.69) is 39.1 Å². The van der Waals surface area contributed by atoms with Crippen molar-refractivity contribution in [2.75, 3.05) is 5.32 Å². The lowest BCUT2D eigenvalue weighted by atomic mass is 10.2. The zero-order valence-electron chi connectivity index (χ0n) is 17.0. The summed E-state index contributed by atoms with van der Waals surface area (Å²) >= 11 is 0. The summed E-state index contributed by atoms with van der Waals surface area (Å²) in [6.07, 6.45) is 6.92. The number of fused-ring (bicyclic) bond motifs is 1. The molecule has 1 aromatic carbocycles. The molecule has 0 bridgehead atoms. The van der Waals surface area contributed by atoms with E-state index in [9.17, 15) is 5.11 Å². The largest absolute Gasteiger partial charge is 0.508 e. The molecule has 154 valence electrons. The van der Waals surface area contributed by atoms with Crippen molar-refractivity contribution in [3.05, 3.63) is 61.3 Å². The Hall–Kier alpha value is -4.27. The Balaban J connectivity index is 1.57. The maximum atomic E-state index is 9.49. The average Bonchev–Trinajstić information content (AvgIpc) is 3.42. The van der Waals surface area contributed by atoms with Crippen molar-refractivity contribution in [1.29, 1.82) is 0 Å². The van der Waals surface area contributed by atoms with Gasteiger partial charge in [-0.15, -0.1) is 0 Å². The summed E-state index contributed by atoms with van der Waals surface area (Å²) in [4.78, 5) is 25.9. The molecule has 3 N–H and O–H groups in total. The first-order chi connectivity index (χ1) is 15.1. The normalized spacial score (nSPS) is 11.3. The van der Waals surface area contributed by atoms with Gasteiger partial charge in [-0.25, -0.2) is 19.9 Å². The minimum atomic E-state index is 0.197. The molecule has 9 heteroatoms. The first-order valence-electron chi connectivity index (χ1n) is 9.85. The van der Waals surface area contributed by atoms with Crippen molar-refractivity contribution in [1.82, 2.24) is 34.5 Å². The number of phenols is 1. The van der Waals surface area contributed by atoms with Crippen molar-refractivity contribution in [3.63, 3.8) is 0 Å². The summed E-state index contributed by atoms with van der Waals surface area (Å²) in [6.45, 7) is 4.16. The van der Waals surface area contributed by atoms with E-state index in [0.29, 0.717) is 28.8 Å². The number of nitrogens with zero attached hydrogens (tertiary/aromatic N) is 6. The van der Waals surface area contributed by atoms with E-state index in [-0.39, 0.29) is 11.8 Å². The number of aromatic hydroxyl groups is 1. The van der Waals surface area contributed by atoms with Gasteiger partial charge in [0, 0.05) is 29.6 Å². The first-order valence-corrected chi connectivity index (χ1v) is 9.85. The lowest BCUT2D eigenvalue weighted by molar-refractivity contribution is 0.475. The van der Waals surface area contributed by atoms with E-state index in [0.717, 1.165) is 16.8 Å². The van der Waals surface area contributed by atoms with Crippen molar-refractivity contribution in [2.45, 2.75) is 19.9 Å². The molecule has 5 aromatic rings. The Labute approximate surface area is 177 Å². The number of aromatic nitrogens is 7. The zero-order chi connectivity index (χ0) is 21.4. The molecule has 4 heterocycles. The molecular weight excluding hydrogens is 392 g/mol. The molecule has 0 unspecified atom stereocenters. The van der Waals surface area contributed by atoms with Gasteiger partial charge in [0.05, 0.1) is 12.5 Å². The highest BCUT2D eigenvalue weighted by Gasteiger charge is 2.17. The topological polar surface area (TPSA) is 117 Å². The summed E-state index contributed by atoms with van der Waals surface area (Å²) < 4.78 is 2.01. The van der Waals surface area contributed by atoms with Crippen molar-refractivity contribution >= 4 is 22.8 Å². The highest BCUT2D eigenvalue weighted by atomic mass is 16.3. The van der Waals surface area contributed by atoms with E-state index in [1.54, 1.807) is 49.2 Å². The number of rotatable bonds is 5.